The third-order valence-corrected chi connectivity index (χ3v) is 6.74. The number of hydrogen-bond donors (Lipinski definition) is 3. The molecule has 35 heavy (non-hydrogen) atoms. The standard InChI is InChI=1S/C23H31ClN2O8S/c1-14(2)18(12-21(29)34-13-16-8-6-5-7-9-16)23(31)25-15(3)22(30)26-17(11-20(27)28)10-19(24)35(4,32)33/h5-10,14-15,17-18H,11-13H2,1-4H3,(H,25,31)(H,26,30)(H,27,28)/b19-10+/t15-,17+,18-/m0/s1. The highest BCUT2D eigenvalue weighted by Gasteiger charge is 2.29. The van der Waals surface area contributed by atoms with E-state index in [1.807, 2.05) is 18.2 Å². The molecule has 0 unspecified atom stereocenters. The van der Waals surface area contributed by atoms with E-state index in [0.29, 0.717) is 0 Å². The number of amides is 2. The summed E-state index contributed by atoms with van der Waals surface area (Å²) < 4.78 is 27.7. The van der Waals surface area contributed by atoms with Crippen LogP contribution in [0.15, 0.2) is 40.8 Å². The van der Waals surface area contributed by atoms with Gasteiger partial charge in [0.15, 0.2) is 9.84 Å². The number of halogens is 1. The molecule has 12 heteroatoms. The van der Waals surface area contributed by atoms with Gasteiger partial charge >= 0.3 is 11.9 Å². The SMILES string of the molecule is CC(C)[C@H](CC(=O)OCc1ccccc1)C(=O)N[C@@H](C)C(=O)N[C@H](/C=C(\Cl)S(C)(=O)=O)CC(=O)O. The molecule has 1 aromatic rings. The first kappa shape index (κ1) is 30.1. The minimum Gasteiger partial charge on any atom is -0.481 e. The Morgan fingerprint density at radius 2 is 1.63 bits per heavy atom. The number of nitrogens with one attached hydrogen (secondary N) is 2. The third-order valence-electron chi connectivity index (χ3n) is 4.93. The van der Waals surface area contributed by atoms with Crippen LogP contribution in [0.2, 0.25) is 0 Å². The van der Waals surface area contributed by atoms with Gasteiger partial charge in [-0.1, -0.05) is 55.8 Å². The van der Waals surface area contributed by atoms with Gasteiger partial charge in [0.05, 0.1) is 24.8 Å². The van der Waals surface area contributed by atoms with Crippen molar-refractivity contribution < 1.29 is 37.4 Å². The van der Waals surface area contributed by atoms with Crippen molar-refractivity contribution in [1.82, 2.24) is 10.6 Å². The van der Waals surface area contributed by atoms with Crippen molar-refractivity contribution in [2.24, 2.45) is 11.8 Å². The van der Waals surface area contributed by atoms with E-state index < -0.39 is 62.4 Å². The van der Waals surface area contributed by atoms with Gasteiger partial charge in [-0.3, -0.25) is 19.2 Å². The van der Waals surface area contributed by atoms with Crippen molar-refractivity contribution in [3.8, 4) is 0 Å². The Morgan fingerprint density at radius 1 is 1.03 bits per heavy atom. The summed E-state index contributed by atoms with van der Waals surface area (Å²) in [6.45, 7) is 4.94. The average Bonchev–Trinajstić information content (AvgIpc) is 2.75. The second-order valence-electron chi connectivity index (χ2n) is 8.39. The number of esters is 1. The topological polar surface area (TPSA) is 156 Å². The molecule has 3 N–H and O–H groups in total. The van der Waals surface area contributed by atoms with Crippen LogP contribution < -0.4 is 10.6 Å². The molecule has 3 atom stereocenters. The van der Waals surface area contributed by atoms with Crippen molar-refractivity contribution in [3.63, 3.8) is 0 Å². The van der Waals surface area contributed by atoms with E-state index in [0.717, 1.165) is 17.9 Å². The summed E-state index contributed by atoms with van der Waals surface area (Å²) in [7, 11) is -3.79. The predicted molar refractivity (Wildman–Crippen MR) is 130 cm³/mol. The molecule has 1 rings (SSSR count). The second kappa shape index (κ2) is 13.8. The van der Waals surface area contributed by atoms with Gasteiger partial charge in [0.2, 0.25) is 11.8 Å². The van der Waals surface area contributed by atoms with E-state index in [9.17, 15) is 27.6 Å². The molecule has 2 amide bonds. The maximum absolute atomic E-state index is 12.8. The summed E-state index contributed by atoms with van der Waals surface area (Å²) in [5, 5.41) is 13.9. The molecule has 0 aliphatic carbocycles. The van der Waals surface area contributed by atoms with Crippen LogP contribution in [-0.2, 0) is 40.4 Å². The lowest BCUT2D eigenvalue weighted by Gasteiger charge is -2.23. The zero-order valence-corrected chi connectivity index (χ0v) is 21.6. The normalized spacial score (nSPS) is 14.5. The van der Waals surface area contributed by atoms with Crippen molar-refractivity contribution in [1.29, 1.82) is 0 Å². The molecule has 0 radical (unpaired) electrons. The fraction of sp³-hybridized carbons (Fsp3) is 0.478. The summed E-state index contributed by atoms with van der Waals surface area (Å²) in [5.41, 5.74) is 0.803. The summed E-state index contributed by atoms with van der Waals surface area (Å²) in [4.78, 5) is 48.7. The minimum absolute atomic E-state index is 0.0689. The molecule has 0 aliphatic heterocycles. The zero-order valence-electron chi connectivity index (χ0n) is 20.0. The number of sulfone groups is 1. The van der Waals surface area contributed by atoms with Gasteiger partial charge < -0.3 is 20.5 Å². The molecule has 0 aliphatic rings. The molecule has 0 spiro atoms. The van der Waals surface area contributed by atoms with Crippen LogP contribution >= 0.6 is 11.6 Å². The zero-order chi connectivity index (χ0) is 26.8. The molecule has 0 saturated carbocycles. The van der Waals surface area contributed by atoms with Gasteiger partial charge in [-0.25, -0.2) is 8.42 Å². The molecule has 194 valence electrons. The molecular formula is C23H31ClN2O8S. The van der Waals surface area contributed by atoms with E-state index in [-0.39, 0.29) is 18.9 Å². The van der Waals surface area contributed by atoms with E-state index >= 15 is 0 Å². The number of carbonyl (C=O) groups excluding carboxylic acids is 3. The van der Waals surface area contributed by atoms with Crippen molar-refractivity contribution in [3.05, 3.63) is 46.3 Å². The van der Waals surface area contributed by atoms with Gasteiger partial charge in [0.25, 0.3) is 0 Å². The lowest BCUT2D eigenvalue weighted by molar-refractivity contribution is -0.149. The summed E-state index contributed by atoms with van der Waals surface area (Å²) in [6, 6.07) is 6.73. The fourth-order valence-corrected chi connectivity index (χ4v) is 3.49. The maximum Gasteiger partial charge on any atom is 0.306 e. The van der Waals surface area contributed by atoms with Crippen LogP contribution in [0.3, 0.4) is 0 Å². The van der Waals surface area contributed by atoms with Gasteiger partial charge in [-0.05, 0) is 24.5 Å². The van der Waals surface area contributed by atoms with Crippen LogP contribution in [0.4, 0.5) is 0 Å². The largest absolute Gasteiger partial charge is 0.481 e. The molecule has 0 fully saturated rings. The number of carboxylic acids is 1. The fourth-order valence-electron chi connectivity index (χ4n) is 2.92. The molecule has 1 aromatic carbocycles. The monoisotopic (exact) mass is 530 g/mol. The number of hydrogen-bond acceptors (Lipinski definition) is 7. The Kier molecular flexibility index (Phi) is 11.9. The molecule has 0 saturated heterocycles. The van der Waals surface area contributed by atoms with E-state index in [4.69, 9.17) is 21.4 Å². The number of rotatable bonds is 13. The highest BCUT2D eigenvalue weighted by atomic mass is 35.5. The first-order valence-corrected chi connectivity index (χ1v) is 13.1. The lowest BCUT2D eigenvalue weighted by Crippen LogP contribution is -2.50. The average molecular weight is 531 g/mol. The first-order valence-electron chi connectivity index (χ1n) is 10.8. The summed E-state index contributed by atoms with van der Waals surface area (Å²) in [6.07, 6.45) is 0.932. The molecule has 0 bridgehead atoms. The van der Waals surface area contributed by atoms with Crippen LogP contribution in [0, 0.1) is 11.8 Å². The minimum atomic E-state index is -3.79. The van der Waals surface area contributed by atoms with Gasteiger partial charge in [-0.2, -0.15) is 0 Å². The quantitative estimate of drug-likeness (QED) is 0.327. The first-order chi connectivity index (χ1) is 16.2. The van der Waals surface area contributed by atoms with Crippen molar-refractivity contribution in [2.45, 2.75) is 52.3 Å². The van der Waals surface area contributed by atoms with Gasteiger partial charge in [-0.15, -0.1) is 0 Å². The smallest absolute Gasteiger partial charge is 0.306 e. The number of aliphatic carboxylic acids is 1. The summed E-state index contributed by atoms with van der Waals surface area (Å²) in [5.74, 6) is -4.20. The van der Waals surface area contributed by atoms with E-state index in [1.165, 1.54) is 6.92 Å². The van der Waals surface area contributed by atoms with Crippen molar-refractivity contribution in [2.75, 3.05) is 6.26 Å². The molecular weight excluding hydrogens is 500 g/mol. The summed E-state index contributed by atoms with van der Waals surface area (Å²) >= 11 is 5.69. The molecule has 0 heterocycles. The molecule has 10 nitrogen and oxygen atoms in total. The Balaban J connectivity index is 2.78. The third kappa shape index (κ3) is 11.4. The van der Waals surface area contributed by atoms with Crippen LogP contribution in [0.5, 0.6) is 0 Å². The lowest BCUT2D eigenvalue weighted by atomic mass is 9.91. The predicted octanol–water partition coefficient (Wildman–Crippen LogP) is 1.98. The van der Waals surface area contributed by atoms with E-state index in [1.54, 1.807) is 26.0 Å². The highest BCUT2D eigenvalue weighted by molar-refractivity contribution is 7.96. The van der Waals surface area contributed by atoms with Gasteiger partial charge in [0.1, 0.15) is 17.0 Å². The van der Waals surface area contributed by atoms with E-state index in [2.05, 4.69) is 10.6 Å². The number of carboxylic acid groups (broad SMARTS) is 1. The Labute approximate surface area is 210 Å². The maximum atomic E-state index is 12.8. The van der Waals surface area contributed by atoms with Crippen molar-refractivity contribution >= 4 is 45.2 Å². The Bertz CT molecular complexity index is 1040. The van der Waals surface area contributed by atoms with Crippen LogP contribution in [0.25, 0.3) is 0 Å². The van der Waals surface area contributed by atoms with Gasteiger partial charge in [0, 0.05) is 6.26 Å². The van der Waals surface area contributed by atoms with Crippen LogP contribution in [0.1, 0.15) is 39.2 Å². The van der Waals surface area contributed by atoms with Crippen LogP contribution in [-0.4, -0.2) is 55.6 Å². The number of benzene rings is 1. The Hall–Kier alpha value is -2.92. The second-order valence-corrected chi connectivity index (χ2v) is 11.0. The number of ether oxygens (including phenoxy) is 1. The Morgan fingerprint density at radius 3 is 2.14 bits per heavy atom. The molecule has 0 aromatic heterocycles. The highest BCUT2D eigenvalue weighted by Crippen LogP contribution is 2.18. The number of carbonyl (C=O) groups is 4.